The van der Waals surface area contributed by atoms with Crippen molar-refractivity contribution in [2.24, 2.45) is 0 Å². The van der Waals surface area contributed by atoms with Gasteiger partial charge in [0, 0.05) is 31.5 Å². The molecule has 1 fully saturated rings. The van der Waals surface area contributed by atoms with Gasteiger partial charge in [0.25, 0.3) is 0 Å². The first-order valence-electron chi connectivity index (χ1n) is 9.31. The van der Waals surface area contributed by atoms with Gasteiger partial charge in [0.1, 0.15) is 6.10 Å². The Morgan fingerprint density at radius 2 is 1.93 bits per heavy atom. The molecule has 3 aromatic rings. The third kappa shape index (κ3) is 4.12. The number of halogens is 1. The van der Waals surface area contributed by atoms with E-state index < -0.39 is 15.8 Å². The average Bonchev–Trinajstić information content (AvgIpc) is 3.29. The average molecular weight is 433 g/mol. The number of aromatic nitrogens is 4. The molecule has 1 aliphatic rings. The van der Waals surface area contributed by atoms with Crippen LogP contribution in [0.5, 0.6) is 11.6 Å². The molecule has 0 spiro atoms. The maximum atomic E-state index is 13.9. The summed E-state index contributed by atoms with van der Waals surface area (Å²) in [5, 5.41) is 12.2. The number of hydrogen-bond donors (Lipinski definition) is 0. The van der Waals surface area contributed by atoms with Crippen LogP contribution in [0.15, 0.2) is 53.7 Å². The minimum atomic E-state index is -3.79. The molecule has 0 unspecified atom stereocenters. The highest BCUT2D eigenvalue weighted by Gasteiger charge is 2.31. The fourth-order valence-electron chi connectivity index (χ4n) is 3.22. The highest BCUT2D eigenvalue weighted by atomic mass is 32.2. The molecule has 0 saturated carbocycles. The summed E-state index contributed by atoms with van der Waals surface area (Å²) in [6, 6.07) is 8.86. The number of rotatable bonds is 6. The molecule has 11 heteroatoms. The van der Waals surface area contributed by atoms with E-state index in [1.54, 1.807) is 35.3 Å². The molecule has 1 aromatic carbocycles. The van der Waals surface area contributed by atoms with Crippen LogP contribution >= 0.6 is 0 Å². The first-order chi connectivity index (χ1) is 14.5. The van der Waals surface area contributed by atoms with Crippen molar-refractivity contribution in [3.8, 4) is 17.4 Å². The zero-order chi connectivity index (χ0) is 21.1. The minimum absolute atomic E-state index is 0.000688. The third-order valence-electron chi connectivity index (χ3n) is 4.81. The highest BCUT2D eigenvalue weighted by molar-refractivity contribution is 7.89. The molecule has 0 amide bonds. The van der Waals surface area contributed by atoms with Gasteiger partial charge in [-0.05, 0) is 43.2 Å². The fourth-order valence-corrected chi connectivity index (χ4v) is 4.70. The summed E-state index contributed by atoms with van der Waals surface area (Å²) in [6.45, 7) is 0.527. The molecule has 158 valence electrons. The van der Waals surface area contributed by atoms with Crippen molar-refractivity contribution < 1.29 is 22.3 Å². The molecule has 0 bridgehead atoms. The Balaban J connectivity index is 1.37. The lowest BCUT2D eigenvalue weighted by molar-refractivity contribution is 0.128. The van der Waals surface area contributed by atoms with Crippen LogP contribution in [0.25, 0.3) is 5.82 Å². The van der Waals surface area contributed by atoms with E-state index in [2.05, 4.69) is 15.3 Å². The molecular weight excluding hydrogens is 413 g/mol. The zero-order valence-electron chi connectivity index (χ0n) is 16.2. The second-order valence-corrected chi connectivity index (χ2v) is 8.64. The molecule has 0 aliphatic carbocycles. The van der Waals surface area contributed by atoms with E-state index in [9.17, 15) is 12.8 Å². The molecule has 0 radical (unpaired) electrons. The predicted octanol–water partition coefficient (Wildman–Crippen LogP) is 2.04. The predicted molar refractivity (Wildman–Crippen MR) is 105 cm³/mol. The smallest absolute Gasteiger partial charge is 0.243 e. The second kappa shape index (κ2) is 8.36. The van der Waals surface area contributed by atoms with Crippen molar-refractivity contribution in [3.63, 3.8) is 0 Å². The summed E-state index contributed by atoms with van der Waals surface area (Å²) in [4.78, 5) is -0.0970. The van der Waals surface area contributed by atoms with E-state index in [0.717, 1.165) is 6.07 Å². The number of methoxy groups -OCH3 is 1. The standard InChI is InChI=1S/C19H20FN5O4S/c1-28-17-4-3-15(13-16(17)20)30(26,27)24-11-7-14(8-12-24)29-19-6-5-18(22-23-19)25-10-2-9-21-25/h2-6,9-10,13-14H,7-8,11-12H2,1H3. The molecule has 1 saturated heterocycles. The highest BCUT2D eigenvalue weighted by Crippen LogP contribution is 2.26. The van der Waals surface area contributed by atoms with Crippen LogP contribution in [0.4, 0.5) is 4.39 Å². The first kappa shape index (κ1) is 20.2. The number of benzene rings is 1. The fraction of sp³-hybridized carbons (Fsp3) is 0.316. The van der Waals surface area contributed by atoms with E-state index in [1.165, 1.54) is 23.5 Å². The van der Waals surface area contributed by atoms with Gasteiger partial charge < -0.3 is 9.47 Å². The Kier molecular flexibility index (Phi) is 5.64. The molecule has 0 atom stereocenters. The summed E-state index contributed by atoms with van der Waals surface area (Å²) >= 11 is 0. The minimum Gasteiger partial charge on any atom is -0.494 e. The van der Waals surface area contributed by atoms with E-state index >= 15 is 0 Å². The van der Waals surface area contributed by atoms with Gasteiger partial charge in [-0.2, -0.15) is 9.40 Å². The van der Waals surface area contributed by atoms with Gasteiger partial charge in [-0.3, -0.25) is 0 Å². The lowest BCUT2D eigenvalue weighted by atomic mass is 10.1. The largest absolute Gasteiger partial charge is 0.494 e. The zero-order valence-corrected chi connectivity index (χ0v) is 17.0. The lowest BCUT2D eigenvalue weighted by Gasteiger charge is -2.31. The van der Waals surface area contributed by atoms with Crippen molar-refractivity contribution in [1.29, 1.82) is 0 Å². The number of hydrogen-bond acceptors (Lipinski definition) is 7. The van der Waals surface area contributed by atoms with Crippen molar-refractivity contribution >= 4 is 10.0 Å². The van der Waals surface area contributed by atoms with Crippen molar-refractivity contribution in [2.75, 3.05) is 20.2 Å². The summed E-state index contributed by atoms with van der Waals surface area (Å²) in [5.41, 5.74) is 0. The number of nitrogens with zero attached hydrogens (tertiary/aromatic N) is 5. The van der Waals surface area contributed by atoms with Crippen molar-refractivity contribution in [2.45, 2.75) is 23.8 Å². The Morgan fingerprint density at radius 3 is 2.53 bits per heavy atom. The number of sulfonamides is 1. The SMILES string of the molecule is COc1ccc(S(=O)(=O)N2CCC(Oc3ccc(-n4cccn4)nn3)CC2)cc1F. The van der Waals surface area contributed by atoms with Gasteiger partial charge in [0.2, 0.25) is 15.9 Å². The molecular formula is C19H20FN5O4S. The number of ether oxygens (including phenoxy) is 2. The van der Waals surface area contributed by atoms with Crippen molar-refractivity contribution in [1.82, 2.24) is 24.3 Å². The topological polar surface area (TPSA) is 99.4 Å². The summed E-state index contributed by atoms with van der Waals surface area (Å²) in [6.07, 6.45) is 4.19. The van der Waals surface area contributed by atoms with Gasteiger partial charge in [-0.1, -0.05) is 0 Å². The van der Waals surface area contributed by atoms with Gasteiger partial charge in [0.05, 0.1) is 12.0 Å². The normalized spacial score (nSPS) is 15.8. The molecule has 9 nitrogen and oxygen atoms in total. The van der Waals surface area contributed by atoms with E-state index in [1.807, 2.05) is 0 Å². The Bertz CT molecular complexity index is 1100. The van der Waals surface area contributed by atoms with Crippen LogP contribution in [0.2, 0.25) is 0 Å². The molecule has 0 N–H and O–H groups in total. The molecule has 4 rings (SSSR count). The third-order valence-corrected chi connectivity index (χ3v) is 6.71. The van der Waals surface area contributed by atoms with Gasteiger partial charge in [-0.15, -0.1) is 10.2 Å². The monoisotopic (exact) mass is 433 g/mol. The van der Waals surface area contributed by atoms with Crippen LogP contribution in [-0.4, -0.2) is 59.0 Å². The Labute approximate surface area is 173 Å². The first-order valence-corrected chi connectivity index (χ1v) is 10.8. The molecule has 30 heavy (non-hydrogen) atoms. The second-order valence-electron chi connectivity index (χ2n) is 6.70. The van der Waals surface area contributed by atoms with E-state index in [4.69, 9.17) is 9.47 Å². The maximum absolute atomic E-state index is 13.9. The Hall–Kier alpha value is -3.05. The Morgan fingerprint density at radius 1 is 1.13 bits per heavy atom. The summed E-state index contributed by atoms with van der Waals surface area (Å²) in [5.74, 6) is 0.221. The molecule has 3 heterocycles. The summed E-state index contributed by atoms with van der Waals surface area (Å²) in [7, 11) is -2.47. The van der Waals surface area contributed by atoms with Gasteiger partial charge in [-0.25, -0.2) is 17.5 Å². The van der Waals surface area contributed by atoms with Gasteiger partial charge in [0.15, 0.2) is 17.4 Å². The van der Waals surface area contributed by atoms with Crippen LogP contribution in [-0.2, 0) is 10.0 Å². The van der Waals surface area contributed by atoms with Gasteiger partial charge >= 0.3 is 0 Å². The van der Waals surface area contributed by atoms with Crippen LogP contribution < -0.4 is 9.47 Å². The quantitative estimate of drug-likeness (QED) is 0.587. The van der Waals surface area contributed by atoms with Crippen molar-refractivity contribution in [3.05, 3.63) is 54.6 Å². The van der Waals surface area contributed by atoms with Crippen LogP contribution in [0.3, 0.4) is 0 Å². The van der Waals surface area contributed by atoms with Crippen LogP contribution in [0.1, 0.15) is 12.8 Å². The van der Waals surface area contributed by atoms with E-state index in [-0.39, 0.29) is 29.8 Å². The summed E-state index contributed by atoms with van der Waals surface area (Å²) < 4.78 is 53.1. The molecule has 1 aliphatic heterocycles. The lowest BCUT2D eigenvalue weighted by Crippen LogP contribution is -2.41. The number of piperidine rings is 1. The van der Waals surface area contributed by atoms with Crippen LogP contribution in [0, 0.1) is 5.82 Å². The molecule has 2 aromatic heterocycles. The maximum Gasteiger partial charge on any atom is 0.243 e. The van der Waals surface area contributed by atoms with E-state index in [0.29, 0.717) is 24.5 Å².